The number of ketones is 1. The molecule has 2 aliphatic heterocycles. The van der Waals surface area contributed by atoms with Gasteiger partial charge >= 0.3 is 176 Å². The first kappa shape index (κ1) is 30.5. The van der Waals surface area contributed by atoms with E-state index in [4.69, 9.17) is 14.2 Å². The number of Topliss-reactive ketones (excluding diaryl/α,β-unsaturated/α-hetero) is 1. The molecule has 1 aromatic carbocycles. The maximum atomic E-state index is 13.3. The maximum Gasteiger partial charge on any atom is 0.337 e. The van der Waals surface area contributed by atoms with E-state index in [1.165, 1.54) is 11.6 Å². The monoisotopic (exact) mass is 601 g/mol. The van der Waals surface area contributed by atoms with Gasteiger partial charge in [0.1, 0.15) is 0 Å². The molecule has 0 radical (unpaired) electrons. The van der Waals surface area contributed by atoms with E-state index < -0.39 is 35.1 Å². The number of aliphatic hydroxyl groups excluding tert-OH is 1. The SMILES string of the molecule is C\C=C(/C=C(C)/C=C/C=C/C=C(\C)C(=O)[C@]12O[C@H]1[C@](CCO)(OCC[Se]c1ccccc1)NC2=O)C(=O)OC. The molecular formula is C30H35NO7Se. The number of aliphatic hydroxyl groups is 1. The molecule has 0 aliphatic carbocycles. The predicted octanol–water partition coefficient (Wildman–Crippen LogP) is 2.49. The number of allylic oxidation sites excluding steroid dienone is 7. The van der Waals surface area contributed by atoms with Crippen LogP contribution in [-0.4, -0.2) is 75.5 Å². The average Bonchev–Trinajstić information content (AvgIpc) is 3.66. The second-order valence-corrected chi connectivity index (χ2v) is 11.6. The second kappa shape index (κ2) is 13.8. The van der Waals surface area contributed by atoms with E-state index in [2.05, 4.69) is 17.4 Å². The Kier molecular flexibility index (Phi) is 10.8. The third-order valence-electron chi connectivity index (χ3n) is 6.38. The van der Waals surface area contributed by atoms with Crippen molar-refractivity contribution in [2.24, 2.45) is 0 Å². The first-order chi connectivity index (χ1) is 18.7. The summed E-state index contributed by atoms with van der Waals surface area (Å²) in [6.07, 6.45) is 11.4. The van der Waals surface area contributed by atoms with E-state index in [0.717, 1.165) is 10.9 Å². The van der Waals surface area contributed by atoms with Gasteiger partial charge in [-0.3, -0.25) is 0 Å². The quantitative estimate of drug-likeness (QED) is 0.0642. The van der Waals surface area contributed by atoms with E-state index in [0.29, 0.717) is 17.8 Å². The molecule has 3 atom stereocenters. The average molecular weight is 601 g/mol. The Morgan fingerprint density at radius 3 is 2.56 bits per heavy atom. The number of carbonyl (C=O) groups excluding carboxylic acids is 3. The number of hydrogen-bond acceptors (Lipinski definition) is 7. The molecule has 208 valence electrons. The van der Waals surface area contributed by atoms with Crippen LogP contribution in [0.4, 0.5) is 0 Å². The maximum absolute atomic E-state index is 13.3. The second-order valence-electron chi connectivity index (χ2n) is 9.11. The minimum absolute atomic E-state index is 0.127. The molecule has 8 nitrogen and oxygen atoms in total. The molecule has 1 amide bonds. The van der Waals surface area contributed by atoms with Crippen molar-refractivity contribution in [1.82, 2.24) is 5.32 Å². The van der Waals surface area contributed by atoms with Crippen LogP contribution < -0.4 is 9.78 Å². The van der Waals surface area contributed by atoms with E-state index in [1.807, 2.05) is 31.2 Å². The molecule has 2 N–H and O–H groups in total. The van der Waals surface area contributed by atoms with Crippen LogP contribution in [0.5, 0.6) is 0 Å². The van der Waals surface area contributed by atoms with Gasteiger partial charge in [-0.05, 0) is 19.9 Å². The van der Waals surface area contributed by atoms with Crippen LogP contribution in [0.1, 0.15) is 27.2 Å². The van der Waals surface area contributed by atoms with Gasteiger partial charge in [-0.2, -0.15) is 0 Å². The molecule has 1 aromatic rings. The van der Waals surface area contributed by atoms with Crippen LogP contribution in [0, 0.1) is 0 Å². The first-order valence-electron chi connectivity index (χ1n) is 12.7. The van der Waals surface area contributed by atoms with Crippen molar-refractivity contribution in [1.29, 1.82) is 0 Å². The van der Waals surface area contributed by atoms with E-state index in [1.54, 1.807) is 50.3 Å². The van der Waals surface area contributed by atoms with Gasteiger partial charge in [-0.1, -0.05) is 17.7 Å². The van der Waals surface area contributed by atoms with Gasteiger partial charge in [0.25, 0.3) is 0 Å². The van der Waals surface area contributed by atoms with Crippen molar-refractivity contribution in [3.63, 3.8) is 0 Å². The third-order valence-corrected chi connectivity index (χ3v) is 8.43. The molecule has 39 heavy (non-hydrogen) atoms. The minimum atomic E-state index is -1.62. The Balaban J connectivity index is 1.61. The Morgan fingerprint density at radius 2 is 1.92 bits per heavy atom. The molecule has 0 bridgehead atoms. The smallest absolute Gasteiger partial charge is 0.337 e. The van der Waals surface area contributed by atoms with Crippen molar-refractivity contribution < 1.29 is 33.7 Å². The van der Waals surface area contributed by atoms with Gasteiger partial charge < -0.3 is 4.74 Å². The molecule has 2 fully saturated rings. The largest absolute Gasteiger partial charge is 0.465 e. The number of epoxide rings is 1. The number of nitrogens with one attached hydrogen (secondary N) is 1. The molecular weight excluding hydrogens is 565 g/mol. The number of rotatable bonds is 14. The minimum Gasteiger partial charge on any atom is -0.465 e. The molecule has 2 saturated heterocycles. The zero-order valence-electron chi connectivity index (χ0n) is 22.6. The Labute approximate surface area is 235 Å². The van der Waals surface area contributed by atoms with Crippen molar-refractivity contribution in [3.8, 4) is 0 Å². The summed E-state index contributed by atoms with van der Waals surface area (Å²) >= 11 is 0.201. The summed E-state index contributed by atoms with van der Waals surface area (Å²) in [6.45, 7) is 5.39. The van der Waals surface area contributed by atoms with Gasteiger partial charge in [0, 0.05) is 0 Å². The molecule has 3 rings (SSSR count). The molecule has 0 spiro atoms. The molecule has 2 heterocycles. The Morgan fingerprint density at radius 1 is 1.18 bits per heavy atom. The van der Waals surface area contributed by atoms with Gasteiger partial charge in [0.15, 0.2) is 0 Å². The molecule has 0 unspecified atom stereocenters. The van der Waals surface area contributed by atoms with Crippen molar-refractivity contribution in [2.45, 2.75) is 49.9 Å². The number of carbonyl (C=O) groups is 3. The van der Waals surface area contributed by atoms with Crippen LogP contribution in [-0.2, 0) is 28.6 Å². The summed E-state index contributed by atoms with van der Waals surface area (Å²) in [5, 5.41) is 13.2. The summed E-state index contributed by atoms with van der Waals surface area (Å²) < 4.78 is 17.8. The first-order valence-corrected chi connectivity index (χ1v) is 14.7. The normalized spacial score (nSPS) is 25.2. The van der Waals surface area contributed by atoms with Crippen LogP contribution in [0.25, 0.3) is 0 Å². The number of benzene rings is 1. The predicted molar refractivity (Wildman–Crippen MR) is 149 cm³/mol. The fourth-order valence-electron chi connectivity index (χ4n) is 4.33. The van der Waals surface area contributed by atoms with Crippen LogP contribution >= 0.6 is 0 Å². The molecule has 0 aromatic heterocycles. The van der Waals surface area contributed by atoms with Gasteiger partial charge in [-0.25, -0.2) is 4.79 Å². The summed E-state index contributed by atoms with van der Waals surface area (Å²) in [6, 6.07) is 10.1. The number of amides is 1. The number of methoxy groups -OCH3 is 1. The zero-order valence-corrected chi connectivity index (χ0v) is 24.4. The number of fused-ring (bicyclic) bond motifs is 1. The van der Waals surface area contributed by atoms with Gasteiger partial charge in [0.05, 0.1) is 12.7 Å². The summed E-state index contributed by atoms with van der Waals surface area (Å²) in [4.78, 5) is 37.9. The van der Waals surface area contributed by atoms with Crippen LogP contribution in [0.2, 0.25) is 5.32 Å². The Bertz CT molecular complexity index is 1220. The summed E-state index contributed by atoms with van der Waals surface area (Å²) in [5.41, 5.74) is -1.20. The summed E-state index contributed by atoms with van der Waals surface area (Å²) in [5.74, 6) is -1.38. The topological polar surface area (TPSA) is 114 Å². The fraction of sp³-hybridized carbons (Fsp3) is 0.367. The third kappa shape index (κ3) is 7.12. The Hall–Kier alpha value is -3.07. The standard InChI is InChI=1S/C30H35NO7Se/c1-5-23(26(34)36-4)20-21(2)12-8-6-9-13-22(3)25(33)30-27(38-30)29(16-17-32,31-28(30)35)37-18-19-39-24-14-10-7-11-15-24/h5-15,20,27,32H,16-19H2,1-4H3,(H,31,35)/b9-6+,12-8+,21-20+,22-13+,23-5+/t27-,29-,30-/m0/s1. The van der Waals surface area contributed by atoms with Gasteiger partial charge in [-0.15, -0.1) is 0 Å². The number of morpholine rings is 1. The van der Waals surface area contributed by atoms with Crippen LogP contribution in [0.3, 0.4) is 0 Å². The zero-order chi connectivity index (χ0) is 28.5. The molecule has 9 heteroatoms. The van der Waals surface area contributed by atoms with Crippen molar-refractivity contribution >= 4 is 37.1 Å². The van der Waals surface area contributed by atoms with E-state index in [-0.39, 0.29) is 28.0 Å². The van der Waals surface area contributed by atoms with Gasteiger partial charge in [0.2, 0.25) is 0 Å². The van der Waals surface area contributed by atoms with E-state index in [9.17, 15) is 19.5 Å². The molecule has 0 saturated carbocycles. The molecule has 2 aliphatic rings. The summed E-state index contributed by atoms with van der Waals surface area (Å²) in [7, 11) is 1.33. The number of hydrogen-bond donors (Lipinski definition) is 2. The fourth-order valence-corrected chi connectivity index (χ4v) is 5.91. The van der Waals surface area contributed by atoms with E-state index >= 15 is 0 Å². The number of esters is 1. The van der Waals surface area contributed by atoms with Crippen LogP contribution in [0.15, 0.2) is 89.6 Å². The van der Waals surface area contributed by atoms with Crippen molar-refractivity contribution in [2.75, 3.05) is 20.3 Å². The number of ether oxygens (including phenoxy) is 3. The van der Waals surface area contributed by atoms with Crippen molar-refractivity contribution in [3.05, 3.63) is 89.6 Å².